The van der Waals surface area contributed by atoms with Gasteiger partial charge in [-0.3, -0.25) is 0 Å². The first-order valence-electron chi connectivity index (χ1n) is 4.78. The Morgan fingerprint density at radius 1 is 1.44 bits per heavy atom. The zero-order chi connectivity index (χ0) is 13.5. The Labute approximate surface area is 101 Å². The number of benzene rings is 1. The average Bonchev–Trinajstić information content (AvgIpc) is 2.31. The topological polar surface area (TPSA) is 86.1 Å². The minimum atomic E-state index is -1.42. The number of azide groups is 1. The molecule has 0 aromatic heterocycles. The second-order valence-corrected chi connectivity index (χ2v) is 3.13. The van der Waals surface area contributed by atoms with Crippen LogP contribution in [0.5, 0.6) is 0 Å². The maximum absolute atomic E-state index is 13.4. The highest BCUT2D eigenvalue weighted by atomic mass is 19.1. The van der Waals surface area contributed by atoms with Crippen LogP contribution in [0.4, 0.5) is 8.78 Å². The number of nitrogens with zero attached hydrogens (tertiary/aromatic N) is 3. The standard InChI is InChI=1S/C11H7F2N3O2/c12-9-5-7(11(17)18)6-10(13)8(9)3-1-2-4-15-16-14/h5-6H,2,4H2,(H,17,18). The third kappa shape index (κ3) is 3.47. The number of carboxylic acid groups (broad SMARTS) is 1. The smallest absolute Gasteiger partial charge is 0.335 e. The van der Waals surface area contributed by atoms with Crippen LogP contribution in [0.15, 0.2) is 17.2 Å². The highest BCUT2D eigenvalue weighted by molar-refractivity contribution is 5.87. The van der Waals surface area contributed by atoms with Crippen LogP contribution in [-0.2, 0) is 0 Å². The Hall–Kier alpha value is -2.58. The van der Waals surface area contributed by atoms with Crippen molar-refractivity contribution in [1.82, 2.24) is 0 Å². The van der Waals surface area contributed by atoms with Crippen molar-refractivity contribution in [3.63, 3.8) is 0 Å². The summed E-state index contributed by atoms with van der Waals surface area (Å²) in [6, 6.07) is 1.39. The van der Waals surface area contributed by atoms with Gasteiger partial charge in [0.1, 0.15) is 11.6 Å². The van der Waals surface area contributed by atoms with Gasteiger partial charge >= 0.3 is 5.97 Å². The van der Waals surface area contributed by atoms with E-state index < -0.39 is 28.7 Å². The van der Waals surface area contributed by atoms with Gasteiger partial charge in [-0.15, -0.1) is 0 Å². The highest BCUT2D eigenvalue weighted by Crippen LogP contribution is 2.14. The fraction of sp³-hybridized carbons (Fsp3) is 0.182. The van der Waals surface area contributed by atoms with Gasteiger partial charge in [-0.25, -0.2) is 13.6 Å². The largest absolute Gasteiger partial charge is 0.478 e. The van der Waals surface area contributed by atoms with Crippen LogP contribution in [0.1, 0.15) is 22.3 Å². The molecule has 0 saturated carbocycles. The van der Waals surface area contributed by atoms with Crippen molar-refractivity contribution >= 4 is 5.97 Å². The monoisotopic (exact) mass is 251 g/mol. The summed E-state index contributed by atoms with van der Waals surface area (Å²) in [5, 5.41) is 11.8. The number of halogens is 2. The summed E-state index contributed by atoms with van der Waals surface area (Å²) in [5.41, 5.74) is 7.01. The molecule has 5 nitrogen and oxygen atoms in total. The molecule has 0 heterocycles. The summed E-state index contributed by atoms with van der Waals surface area (Å²) in [4.78, 5) is 13.0. The number of aromatic carboxylic acids is 1. The van der Waals surface area contributed by atoms with E-state index in [0.29, 0.717) is 12.1 Å². The molecule has 0 bridgehead atoms. The predicted molar refractivity (Wildman–Crippen MR) is 58.8 cm³/mol. The lowest BCUT2D eigenvalue weighted by Crippen LogP contribution is -2.01. The molecule has 0 amide bonds. The SMILES string of the molecule is [N-]=[N+]=NCCC#Cc1c(F)cc(C(=O)O)cc1F. The van der Waals surface area contributed by atoms with E-state index in [9.17, 15) is 13.6 Å². The van der Waals surface area contributed by atoms with E-state index in [1.54, 1.807) is 0 Å². The molecular weight excluding hydrogens is 244 g/mol. The van der Waals surface area contributed by atoms with Gasteiger partial charge < -0.3 is 5.11 Å². The second-order valence-electron chi connectivity index (χ2n) is 3.13. The fourth-order valence-electron chi connectivity index (χ4n) is 1.12. The summed E-state index contributed by atoms with van der Waals surface area (Å²) < 4.78 is 26.7. The van der Waals surface area contributed by atoms with Gasteiger partial charge in [0.15, 0.2) is 0 Å². The first kappa shape index (κ1) is 13.5. The molecule has 1 aromatic carbocycles. The highest BCUT2D eigenvalue weighted by Gasteiger charge is 2.12. The van der Waals surface area contributed by atoms with Gasteiger partial charge in [0, 0.05) is 17.9 Å². The zero-order valence-electron chi connectivity index (χ0n) is 9.02. The summed E-state index contributed by atoms with van der Waals surface area (Å²) in [6.45, 7) is 0.0972. The van der Waals surface area contributed by atoms with Gasteiger partial charge in [0.2, 0.25) is 0 Å². The predicted octanol–water partition coefficient (Wildman–Crippen LogP) is 2.71. The van der Waals surface area contributed by atoms with E-state index in [0.717, 1.165) is 0 Å². The number of carbonyl (C=O) groups is 1. The molecule has 1 aromatic rings. The van der Waals surface area contributed by atoms with Crippen molar-refractivity contribution in [3.05, 3.63) is 45.3 Å². The summed E-state index contributed by atoms with van der Waals surface area (Å²) >= 11 is 0. The lowest BCUT2D eigenvalue weighted by Gasteiger charge is -1.99. The third-order valence-corrected chi connectivity index (χ3v) is 1.90. The quantitative estimate of drug-likeness (QED) is 0.294. The van der Waals surface area contributed by atoms with Gasteiger partial charge in [-0.2, -0.15) is 0 Å². The molecule has 18 heavy (non-hydrogen) atoms. The van der Waals surface area contributed by atoms with E-state index in [4.69, 9.17) is 10.6 Å². The lowest BCUT2D eigenvalue weighted by atomic mass is 10.1. The number of hydrogen-bond donors (Lipinski definition) is 1. The van der Waals surface area contributed by atoms with Crippen LogP contribution in [0.2, 0.25) is 0 Å². The van der Waals surface area contributed by atoms with E-state index in [1.165, 1.54) is 0 Å². The van der Waals surface area contributed by atoms with Gasteiger partial charge in [0.05, 0.1) is 11.1 Å². The van der Waals surface area contributed by atoms with Crippen molar-refractivity contribution in [2.75, 3.05) is 6.54 Å². The maximum Gasteiger partial charge on any atom is 0.335 e. The second kappa shape index (κ2) is 6.23. The zero-order valence-corrected chi connectivity index (χ0v) is 9.02. The number of rotatable bonds is 3. The molecule has 0 aliphatic carbocycles. The molecule has 92 valence electrons. The molecule has 0 aliphatic heterocycles. The lowest BCUT2D eigenvalue weighted by molar-refractivity contribution is 0.0695. The van der Waals surface area contributed by atoms with Crippen LogP contribution < -0.4 is 0 Å². The van der Waals surface area contributed by atoms with Crippen LogP contribution in [0.25, 0.3) is 10.4 Å². The fourth-order valence-corrected chi connectivity index (χ4v) is 1.12. The molecule has 0 radical (unpaired) electrons. The van der Waals surface area contributed by atoms with Crippen molar-refractivity contribution in [2.45, 2.75) is 6.42 Å². The Balaban J connectivity index is 2.96. The van der Waals surface area contributed by atoms with Crippen molar-refractivity contribution in [3.8, 4) is 11.8 Å². The Bertz CT molecular complexity index is 561. The van der Waals surface area contributed by atoms with Crippen molar-refractivity contribution in [1.29, 1.82) is 0 Å². The maximum atomic E-state index is 13.4. The van der Waals surface area contributed by atoms with E-state index in [-0.39, 0.29) is 13.0 Å². The Kier molecular flexibility index (Phi) is 4.67. The van der Waals surface area contributed by atoms with E-state index in [2.05, 4.69) is 21.9 Å². The molecule has 1 rings (SSSR count). The van der Waals surface area contributed by atoms with Crippen LogP contribution in [0.3, 0.4) is 0 Å². The molecule has 1 N–H and O–H groups in total. The Morgan fingerprint density at radius 3 is 2.56 bits per heavy atom. The summed E-state index contributed by atoms with van der Waals surface area (Å²) in [5.74, 6) is 1.16. The van der Waals surface area contributed by atoms with Crippen LogP contribution in [0, 0.1) is 23.5 Å². The molecule has 0 fully saturated rings. The van der Waals surface area contributed by atoms with E-state index in [1.807, 2.05) is 0 Å². The third-order valence-electron chi connectivity index (χ3n) is 1.90. The molecular formula is C11H7F2N3O2. The van der Waals surface area contributed by atoms with Gasteiger partial charge in [-0.05, 0) is 17.7 Å². The van der Waals surface area contributed by atoms with E-state index >= 15 is 0 Å². The minimum Gasteiger partial charge on any atom is -0.478 e. The number of carboxylic acids is 1. The van der Waals surface area contributed by atoms with Crippen molar-refractivity contribution < 1.29 is 18.7 Å². The average molecular weight is 251 g/mol. The van der Waals surface area contributed by atoms with Crippen LogP contribution in [-0.4, -0.2) is 17.6 Å². The molecule has 0 aliphatic rings. The summed E-state index contributed by atoms with van der Waals surface area (Å²) in [7, 11) is 0. The molecule has 7 heteroatoms. The first-order valence-corrected chi connectivity index (χ1v) is 4.78. The summed E-state index contributed by atoms with van der Waals surface area (Å²) in [6.07, 6.45) is 0.156. The van der Waals surface area contributed by atoms with Gasteiger partial charge in [0.25, 0.3) is 0 Å². The van der Waals surface area contributed by atoms with Crippen LogP contribution >= 0.6 is 0 Å². The Morgan fingerprint density at radius 2 is 2.06 bits per heavy atom. The molecule has 0 atom stereocenters. The number of hydrogen-bond acceptors (Lipinski definition) is 2. The van der Waals surface area contributed by atoms with Crippen molar-refractivity contribution in [2.24, 2.45) is 5.11 Å². The normalized spacial score (nSPS) is 9.00. The molecule has 0 spiro atoms. The molecule has 0 saturated heterocycles. The minimum absolute atomic E-state index is 0.0972. The molecule has 0 unspecified atom stereocenters. The van der Waals surface area contributed by atoms with Gasteiger partial charge in [-0.1, -0.05) is 17.0 Å². The first-order chi connectivity index (χ1) is 8.56.